The Morgan fingerprint density at radius 2 is 2.06 bits per heavy atom. The zero-order valence-electron chi connectivity index (χ0n) is 11.6. The Balaban J connectivity index is 2.76. The monoisotopic (exact) mass is 236 g/mol. The fourth-order valence-corrected chi connectivity index (χ4v) is 1.66. The molecule has 0 aromatic carbocycles. The van der Waals surface area contributed by atoms with E-state index >= 15 is 0 Å². The summed E-state index contributed by atoms with van der Waals surface area (Å²) < 4.78 is 0. The van der Waals surface area contributed by atoms with Crippen LogP contribution in [0.4, 0.5) is 5.82 Å². The lowest BCUT2D eigenvalue weighted by molar-refractivity contribution is 0.238. The molecule has 0 fully saturated rings. The number of nitrogens with one attached hydrogen (secondary N) is 1. The molecule has 1 unspecified atom stereocenters. The van der Waals surface area contributed by atoms with E-state index in [4.69, 9.17) is 0 Å². The van der Waals surface area contributed by atoms with Crippen molar-refractivity contribution in [2.24, 2.45) is 0 Å². The molecule has 1 atom stereocenters. The van der Waals surface area contributed by atoms with Gasteiger partial charge in [-0.2, -0.15) is 0 Å². The maximum absolute atomic E-state index is 4.52. The number of hydrogen-bond donors (Lipinski definition) is 1. The molecule has 0 saturated carbocycles. The third kappa shape index (κ3) is 4.30. The molecule has 4 heteroatoms. The molecule has 1 N–H and O–H groups in total. The summed E-state index contributed by atoms with van der Waals surface area (Å²) in [6, 6.07) is 2.54. The molecule has 0 saturated heterocycles. The van der Waals surface area contributed by atoms with Crippen LogP contribution in [0, 0.1) is 6.92 Å². The topological polar surface area (TPSA) is 41.1 Å². The van der Waals surface area contributed by atoms with Crippen LogP contribution in [0.3, 0.4) is 0 Å². The predicted molar refractivity (Wildman–Crippen MR) is 72.2 cm³/mol. The Kier molecular flexibility index (Phi) is 5.35. The number of aromatic nitrogens is 2. The highest BCUT2D eigenvalue weighted by atomic mass is 15.2. The highest BCUT2D eigenvalue weighted by Crippen LogP contribution is 2.09. The minimum absolute atomic E-state index is 0.557. The third-order valence-electron chi connectivity index (χ3n) is 2.99. The average molecular weight is 236 g/mol. The summed E-state index contributed by atoms with van der Waals surface area (Å²) in [6.07, 6.45) is 1.14. The van der Waals surface area contributed by atoms with Gasteiger partial charge in [0.1, 0.15) is 11.6 Å². The molecule has 0 bridgehead atoms. The summed E-state index contributed by atoms with van der Waals surface area (Å²) in [7, 11) is 2.12. The molecule has 0 radical (unpaired) electrons. The summed E-state index contributed by atoms with van der Waals surface area (Å²) in [6.45, 7) is 10.2. The van der Waals surface area contributed by atoms with Crippen molar-refractivity contribution < 1.29 is 0 Å². The van der Waals surface area contributed by atoms with E-state index in [-0.39, 0.29) is 0 Å². The van der Waals surface area contributed by atoms with Crippen molar-refractivity contribution in [3.63, 3.8) is 0 Å². The minimum Gasteiger partial charge on any atom is -0.370 e. The number of hydrogen-bond acceptors (Lipinski definition) is 4. The summed E-state index contributed by atoms with van der Waals surface area (Å²) in [5.41, 5.74) is 1.02. The molecule has 1 heterocycles. The van der Waals surface area contributed by atoms with Crippen molar-refractivity contribution in [1.82, 2.24) is 14.9 Å². The first kappa shape index (κ1) is 13.9. The van der Waals surface area contributed by atoms with Gasteiger partial charge in [-0.05, 0) is 34.2 Å². The summed E-state index contributed by atoms with van der Waals surface area (Å²) in [5, 5.41) is 3.24. The fourth-order valence-electron chi connectivity index (χ4n) is 1.66. The van der Waals surface area contributed by atoms with Crippen molar-refractivity contribution >= 4 is 5.82 Å². The highest BCUT2D eigenvalue weighted by molar-refractivity contribution is 5.35. The molecule has 96 valence electrons. The smallest absolute Gasteiger partial charge is 0.144 e. The van der Waals surface area contributed by atoms with Crippen molar-refractivity contribution in [2.75, 3.05) is 18.9 Å². The first-order valence-corrected chi connectivity index (χ1v) is 6.35. The number of rotatable bonds is 6. The van der Waals surface area contributed by atoms with Gasteiger partial charge in [0.15, 0.2) is 0 Å². The standard InChI is InChI=1S/C13H24N4/c1-6-11(4)17(5)9-13-15-10(3)8-12(16-13)14-7-2/h8,11H,6-7,9H2,1-5H3,(H,14,15,16). The van der Waals surface area contributed by atoms with E-state index in [9.17, 15) is 0 Å². The Morgan fingerprint density at radius 3 is 2.65 bits per heavy atom. The average Bonchev–Trinajstić information content (AvgIpc) is 2.27. The Bertz CT molecular complexity index is 351. The van der Waals surface area contributed by atoms with E-state index in [1.807, 2.05) is 13.0 Å². The van der Waals surface area contributed by atoms with E-state index in [2.05, 4.69) is 48.0 Å². The SMILES string of the molecule is CCNc1cc(C)nc(CN(C)C(C)CC)n1. The van der Waals surface area contributed by atoms with Gasteiger partial charge in [-0.3, -0.25) is 4.90 Å². The largest absolute Gasteiger partial charge is 0.370 e. The molecular formula is C13H24N4. The van der Waals surface area contributed by atoms with E-state index in [1.54, 1.807) is 0 Å². The molecule has 0 aliphatic rings. The maximum atomic E-state index is 4.52. The van der Waals surface area contributed by atoms with E-state index in [0.29, 0.717) is 6.04 Å². The van der Waals surface area contributed by atoms with Crippen LogP contribution in [-0.4, -0.2) is 34.5 Å². The summed E-state index contributed by atoms with van der Waals surface area (Å²) >= 11 is 0. The van der Waals surface area contributed by atoms with Gasteiger partial charge >= 0.3 is 0 Å². The second-order valence-corrected chi connectivity index (χ2v) is 4.51. The molecule has 1 aromatic heterocycles. The first-order valence-electron chi connectivity index (χ1n) is 6.35. The zero-order valence-corrected chi connectivity index (χ0v) is 11.6. The molecular weight excluding hydrogens is 212 g/mol. The van der Waals surface area contributed by atoms with E-state index < -0.39 is 0 Å². The fraction of sp³-hybridized carbons (Fsp3) is 0.692. The maximum Gasteiger partial charge on any atom is 0.144 e. The Hall–Kier alpha value is -1.16. The molecule has 1 rings (SSSR count). The van der Waals surface area contributed by atoms with Crippen molar-refractivity contribution in [3.8, 4) is 0 Å². The number of anilines is 1. The van der Waals surface area contributed by atoms with Gasteiger partial charge in [-0.1, -0.05) is 6.92 Å². The van der Waals surface area contributed by atoms with Gasteiger partial charge in [-0.15, -0.1) is 0 Å². The van der Waals surface area contributed by atoms with Crippen LogP contribution < -0.4 is 5.32 Å². The van der Waals surface area contributed by atoms with Crippen LogP contribution in [0.25, 0.3) is 0 Å². The van der Waals surface area contributed by atoms with Gasteiger partial charge < -0.3 is 5.32 Å². The molecule has 1 aromatic rings. The number of aryl methyl sites for hydroxylation is 1. The predicted octanol–water partition coefficient (Wildman–Crippen LogP) is 2.45. The van der Waals surface area contributed by atoms with Crippen LogP contribution >= 0.6 is 0 Å². The minimum atomic E-state index is 0.557. The first-order chi connectivity index (χ1) is 8.06. The zero-order chi connectivity index (χ0) is 12.8. The molecule has 17 heavy (non-hydrogen) atoms. The van der Waals surface area contributed by atoms with Crippen LogP contribution in [0.5, 0.6) is 0 Å². The Morgan fingerprint density at radius 1 is 1.35 bits per heavy atom. The summed E-state index contributed by atoms with van der Waals surface area (Å²) in [4.78, 5) is 11.3. The van der Waals surface area contributed by atoms with Gasteiger partial charge in [0, 0.05) is 24.3 Å². The van der Waals surface area contributed by atoms with Crippen LogP contribution in [0.1, 0.15) is 38.7 Å². The van der Waals surface area contributed by atoms with Gasteiger partial charge in [-0.25, -0.2) is 9.97 Å². The Labute approximate surface area is 104 Å². The lowest BCUT2D eigenvalue weighted by Crippen LogP contribution is -2.28. The second-order valence-electron chi connectivity index (χ2n) is 4.51. The molecule has 0 spiro atoms. The van der Waals surface area contributed by atoms with Gasteiger partial charge in [0.2, 0.25) is 0 Å². The number of nitrogens with zero attached hydrogens (tertiary/aromatic N) is 3. The molecule has 4 nitrogen and oxygen atoms in total. The quantitative estimate of drug-likeness (QED) is 0.823. The van der Waals surface area contributed by atoms with E-state index in [1.165, 1.54) is 0 Å². The van der Waals surface area contributed by atoms with Crippen LogP contribution in [-0.2, 0) is 6.54 Å². The van der Waals surface area contributed by atoms with Crippen LogP contribution in [0.15, 0.2) is 6.07 Å². The van der Waals surface area contributed by atoms with Gasteiger partial charge in [0.05, 0.1) is 6.54 Å². The molecule has 0 amide bonds. The second kappa shape index (κ2) is 6.55. The van der Waals surface area contributed by atoms with Gasteiger partial charge in [0.25, 0.3) is 0 Å². The summed E-state index contributed by atoms with van der Waals surface area (Å²) in [5.74, 6) is 1.82. The van der Waals surface area contributed by atoms with Crippen molar-refractivity contribution in [2.45, 2.75) is 46.7 Å². The molecule has 0 aliphatic carbocycles. The van der Waals surface area contributed by atoms with Crippen molar-refractivity contribution in [1.29, 1.82) is 0 Å². The normalized spacial score (nSPS) is 12.8. The lowest BCUT2D eigenvalue weighted by atomic mass is 10.2. The van der Waals surface area contributed by atoms with Crippen LogP contribution in [0.2, 0.25) is 0 Å². The molecule has 0 aliphatic heterocycles. The van der Waals surface area contributed by atoms with Crippen molar-refractivity contribution in [3.05, 3.63) is 17.6 Å². The highest BCUT2D eigenvalue weighted by Gasteiger charge is 2.10. The third-order valence-corrected chi connectivity index (χ3v) is 2.99. The van der Waals surface area contributed by atoms with E-state index in [0.717, 1.165) is 36.8 Å². The lowest BCUT2D eigenvalue weighted by Gasteiger charge is -2.22.